The Kier molecular flexibility index (Phi) is 3.93. The Morgan fingerprint density at radius 3 is 2.33 bits per heavy atom. The molecule has 1 unspecified atom stereocenters. The molecule has 0 bridgehead atoms. The molecule has 2 aromatic rings. The van der Waals surface area contributed by atoms with Gasteiger partial charge in [-0.1, -0.05) is 29.3 Å². The van der Waals surface area contributed by atoms with E-state index < -0.39 is 11.9 Å². The van der Waals surface area contributed by atoms with Crippen molar-refractivity contribution in [1.82, 2.24) is 0 Å². The SMILES string of the molecule is OC(c1ccc(Cl)c(F)c1)c1cc2c(cc1Cl)OCCO2. The number of ether oxygens (including phenoxy) is 2. The van der Waals surface area contributed by atoms with E-state index >= 15 is 0 Å². The van der Waals surface area contributed by atoms with Crippen LogP contribution in [0.25, 0.3) is 0 Å². The molecule has 0 radical (unpaired) electrons. The first-order valence-corrected chi connectivity index (χ1v) is 7.04. The first kappa shape index (κ1) is 14.4. The number of aliphatic hydroxyl groups excluding tert-OH is 1. The molecule has 1 aliphatic heterocycles. The van der Waals surface area contributed by atoms with Crippen LogP contribution >= 0.6 is 23.2 Å². The number of halogens is 3. The predicted octanol–water partition coefficient (Wildman–Crippen LogP) is 3.99. The Balaban J connectivity index is 2.00. The standard InChI is InChI=1S/C15H11Cl2FO3/c16-10-2-1-8(5-12(10)18)15(19)9-6-13-14(7-11(9)17)21-4-3-20-13/h1-2,5-7,15,19H,3-4H2. The largest absolute Gasteiger partial charge is 0.486 e. The van der Waals surface area contributed by atoms with Crippen molar-refractivity contribution in [2.24, 2.45) is 0 Å². The summed E-state index contributed by atoms with van der Waals surface area (Å²) in [5, 5.41) is 10.7. The maximum atomic E-state index is 13.5. The molecule has 0 fully saturated rings. The lowest BCUT2D eigenvalue weighted by Crippen LogP contribution is -2.16. The van der Waals surface area contributed by atoms with Gasteiger partial charge in [-0.05, 0) is 23.8 Å². The maximum absolute atomic E-state index is 13.5. The first-order chi connectivity index (χ1) is 10.1. The lowest BCUT2D eigenvalue weighted by Gasteiger charge is -2.21. The number of hydrogen-bond donors (Lipinski definition) is 1. The van der Waals surface area contributed by atoms with E-state index in [2.05, 4.69) is 0 Å². The van der Waals surface area contributed by atoms with E-state index in [1.54, 1.807) is 18.2 Å². The van der Waals surface area contributed by atoms with Gasteiger partial charge in [0.25, 0.3) is 0 Å². The van der Waals surface area contributed by atoms with Gasteiger partial charge in [0, 0.05) is 11.6 Å². The fourth-order valence-electron chi connectivity index (χ4n) is 2.15. The smallest absolute Gasteiger partial charge is 0.162 e. The third kappa shape index (κ3) is 2.79. The highest BCUT2D eigenvalue weighted by atomic mass is 35.5. The van der Waals surface area contributed by atoms with E-state index in [0.29, 0.717) is 40.9 Å². The Labute approximate surface area is 130 Å². The molecule has 1 aliphatic rings. The van der Waals surface area contributed by atoms with Crippen molar-refractivity contribution in [3.63, 3.8) is 0 Å². The summed E-state index contributed by atoms with van der Waals surface area (Å²) < 4.78 is 24.4. The normalized spacial score (nSPS) is 14.9. The highest BCUT2D eigenvalue weighted by molar-refractivity contribution is 6.31. The molecule has 0 spiro atoms. The number of benzene rings is 2. The van der Waals surface area contributed by atoms with E-state index in [1.807, 2.05) is 0 Å². The van der Waals surface area contributed by atoms with Crippen LogP contribution < -0.4 is 9.47 Å². The highest BCUT2D eigenvalue weighted by Gasteiger charge is 2.21. The number of fused-ring (bicyclic) bond motifs is 1. The molecule has 110 valence electrons. The van der Waals surface area contributed by atoms with Crippen molar-refractivity contribution >= 4 is 23.2 Å². The second-order valence-corrected chi connectivity index (χ2v) is 5.41. The summed E-state index contributed by atoms with van der Waals surface area (Å²) in [4.78, 5) is 0. The average Bonchev–Trinajstić information content (AvgIpc) is 2.48. The van der Waals surface area contributed by atoms with Crippen molar-refractivity contribution in [3.8, 4) is 11.5 Å². The van der Waals surface area contributed by atoms with Gasteiger partial charge in [0.15, 0.2) is 11.5 Å². The van der Waals surface area contributed by atoms with Crippen LogP contribution in [0.3, 0.4) is 0 Å². The zero-order valence-corrected chi connectivity index (χ0v) is 12.3. The monoisotopic (exact) mass is 328 g/mol. The van der Waals surface area contributed by atoms with Gasteiger partial charge in [0.05, 0.1) is 10.0 Å². The van der Waals surface area contributed by atoms with Crippen molar-refractivity contribution in [1.29, 1.82) is 0 Å². The molecule has 0 saturated carbocycles. The molecule has 21 heavy (non-hydrogen) atoms. The van der Waals surface area contributed by atoms with Gasteiger partial charge in [-0.2, -0.15) is 0 Å². The van der Waals surface area contributed by atoms with Crippen molar-refractivity contribution < 1.29 is 19.0 Å². The molecule has 1 N–H and O–H groups in total. The summed E-state index contributed by atoms with van der Waals surface area (Å²) in [6.45, 7) is 0.882. The van der Waals surface area contributed by atoms with E-state index in [9.17, 15) is 9.50 Å². The molecular formula is C15H11Cl2FO3. The fraction of sp³-hybridized carbons (Fsp3) is 0.200. The van der Waals surface area contributed by atoms with E-state index in [-0.39, 0.29) is 5.02 Å². The van der Waals surface area contributed by atoms with Crippen LogP contribution in [0.5, 0.6) is 11.5 Å². The van der Waals surface area contributed by atoms with Crippen LogP contribution in [-0.2, 0) is 0 Å². The van der Waals surface area contributed by atoms with Gasteiger partial charge in [0.2, 0.25) is 0 Å². The van der Waals surface area contributed by atoms with Crippen LogP contribution in [-0.4, -0.2) is 18.3 Å². The minimum Gasteiger partial charge on any atom is -0.486 e. The zero-order valence-electron chi connectivity index (χ0n) is 10.8. The molecule has 3 rings (SSSR count). The molecule has 6 heteroatoms. The molecule has 3 nitrogen and oxygen atoms in total. The summed E-state index contributed by atoms with van der Waals surface area (Å²) in [5.41, 5.74) is 0.776. The highest BCUT2D eigenvalue weighted by Crippen LogP contribution is 2.39. The van der Waals surface area contributed by atoms with Gasteiger partial charge in [-0.25, -0.2) is 4.39 Å². The van der Waals surface area contributed by atoms with E-state index in [4.69, 9.17) is 32.7 Å². The predicted molar refractivity (Wildman–Crippen MR) is 77.9 cm³/mol. The number of hydrogen-bond acceptors (Lipinski definition) is 3. The van der Waals surface area contributed by atoms with Gasteiger partial charge >= 0.3 is 0 Å². The second kappa shape index (κ2) is 5.72. The summed E-state index contributed by atoms with van der Waals surface area (Å²) in [6.07, 6.45) is -1.08. The number of aliphatic hydroxyl groups is 1. The van der Waals surface area contributed by atoms with Crippen molar-refractivity contribution in [2.45, 2.75) is 6.10 Å². The summed E-state index contributed by atoms with van der Waals surface area (Å²) in [5.74, 6) is 0.445. The summed E-state index contributed by atoms with van der Waals surface area (Å²) >= 11 is 11.8. The topological polar surface area (TPSA) is 38.7 Å². The van der Waals surface area contributed by atoms with Crippen LogP contribution in [0.2, 0.25) is 10.0 Å². The molecular weight excluding hydrogens is 318 g/mol. The molecule has 2 aromatic carbocycles. The van der Waals surface area contributed by atoms with Gasteiger partial charge < -0.3 is 14.6 Å². The van der Waals surface area contributed by atoms with Gasteiger partial charge in [-0.15, -0.1) is 0 Å². The number of rotatable bonds is 2. The Hall–Kier alpha value is -1.49. The lowest BCUT2D eigenvalue weighted by molar-refractivity contribution is 0.169. The Bertz CT molecular complexity index is 691. The molecule has 0 aromatic heterocycles. The zero-order chi connectivity index (χ0) is 15.0. The van der Waals surface area contributed by atoms with Crippen molar-refractivity contribution in [3.05, 3.63) is 57.3 Å². The van der Waals surface area contributed by atoms with E-state index in [0.717, 1.165) is 0 Å². The van der Waals surface area contributed by atoms with E-state index in [1.165, 1.54) is 12.1 Å². The molecule has 0 saturated heterocycles. The summed E-state index contributed by atoms with van der Waals surface area (Å²) in [7, 11) is 0. The maximum Gasteiger partial charge on any atom is 0.162 e. The molecule has 0 amide bonds. The minimum atomic E-state index is -1.08. The molecule has 0 aliphatic carbocycles. The quantitative estimate of drug-likeness (QED) is 0.906. The van der Waals surface area contributed by atoms with Crippen LogP contribution in [0, 0.1) is 5.82 Å². The van der Waals surface area contributed by atoms with Crippen LogP contribution in [0.15, 0.2) is 30.3 Å². The Morgan fingerprint density at radius 2 is 1.67 bits per heavy atom. The third-order valence-electron chi connectivity index (χ3n) is 3.22. The van der Waals surface area contributed by atoms with Crippen molar-refractivity contribution in [2.75, 3.05) is 13.2 Å². The van der Waals surface area contributed by atoms with Gasteiger partial charge in [0.1, 0.15) is 25.1 Å². The molecule has 1 heterocycles. The first-order valence-electron chi connectivity index (χ1n) is 6.28. The fourth-order valence-corrected chi connectivity index (χ4v) is 2.53. The third-order valence-corrected chi connectivity index (χ3v) is 3.85. The Morgan fingerprint density at radius 1 is 1.00 bits per heavy atom. The second-order valence-electron chi connectivity index (χ2n) is 4.59. The van der Waals surface area contributed by atoms with Gasteiger partial charge in [-0.3, -0.25) is 0 Å². The molecule has 1 atom stereocenters. The average molecular weight is 329 g/mol. The van der Waals surface area contributed by atoms with Crippen LogP contribution in [0.1, 0.15) is 17.2 Å². The summed E-state index contributed by atoms with van der Waals surface area (Å²) in [6, 6.07) is 7.31. The lowest BCUT2D eigenvalue weighted by atomic mass is 10.0. The minimum absolute atomic E-state index is 0.000721. The van der Waals surface area contributed by atoms with Crippen LogP contribution in [0.4, 0.5) is 4.39 Å².